The molecule has 0 aliphatic rings. The molecule has 0 radical (unpaired) electrons. The van der Waals surface area contributed by atoms with E-state index in [9.17, 15) is 13.2 Å². The van der Waals surface area contributed by atoms with Gasteiger partial charge in [0.1, 0.15) is 0 Å². The van der Waals surface area contributed by atoms with Crippen LogP contribution in [0.5, 0.6) is 0 Å². The molecule has 0 fully saturated rings. The monoisotopic (exact) mass is 294 g/mol. The molecule has 0 unspecified atom stereocenters. The molecule has 0 aliphatic carbocycles. The van der Waals surface area contributed by atoms with Crippen molar-refractivity contribution in [1.82, 2.24) is 10.3 Å². The Balaban J connectivity index is 2.20. The number of benzene rings is 1. The predicted molar refractivity (Wildman–Crippen MR) is 76.7 cm³/mol. The molecule has 0 amide bonds. The molecule has 5 heteroatoms. The Hall–Kier alpha value is -1.88. The largest absolute Gasteiger partial charge is 0.416 e. The first kappa shape index (κ1) is 15.5. The first-order valence-electron chi connectivity index (χ1n) is 6.71. The Morgan fingerprint density at radius 1 is 1.05 bits per heavy atom. The van der Waals surface area contributed by atoms with Crippen LogP contribution in [0.3, 0.4) is 0 Å². The lowest BCUT2D eigenvalue weighted by Gasteiger charge is -2.10. The van der Waals surface area contributed by atoms with Gasteiger partial charge in [-0.15, -0.1) is 0 Å². The van der Waals surface area contributed by atoms with Gasteiger partial charge in [0, 0.05) is 30.5 Å². The molecule has 21 heavy (non-hydrogen) atoms. The van der Waals surface area contributed by atoms with Gasteiger partial charge in [-0.2, -0.15) is 13.2 Å². The lowest BCUT2D eigenvalue weighted by atomic mass is 10.0. The number of pyridine rings is 1. The molecule has 1 aromatic heterocycles. The van der Waals surface area contributed by atoms with Crippen LogP contribution in [-0.2, 0) is 12.7 Å². The van der Waals surface area contributed by atoms with Crippen molar-refractivity contribution in [2.24, 2.45) is 0 Å². The van der Waals surface area contributed by atoms with Crippen LogP contribution in [0.1, 0.15) is 25.0 Å². The van der Waals surface area contributed by atoms with E-state index in [1.807, 2.05) is 19.9 Å². The van der Waals surface area contributed by atoms with Gasteiger partial charge in [0.05, 0.1) is 5.56 Å². The number of rotatable bonds is 4. The number of hydrogen-bond donors (Lipinski definition) is 1. The van der Waals surface area contributed by atoms with Gasteiger partial charge < -0.3 is 5.32 Å². The Bertz CT molecular complexity index is 589. The van der Waals surface area contributed by atoms with Crippen LogP contribution in [0.4, 0.5) is 13.2 Å². The number of nitrogens with zero attached hydrogens (tertiary/aromatic N) is 1. The van der Waals surface area contributed by atoms with Crippen molar-refractivity contribution >= 4 is 0 Å². The Labute approximate surface area is 122 Å². The summed E-state index contributed by atoms with van der Waals surface area (Å²) in [6.07, 6.45) is -0.899. The van der Waals surface area contributed by atoms with Gasteiger partial charge in [0.2, 0.25) is 0 Å². The second-order valence-corrected chi connectivity index (χ2v) is 5.19. The minimum absolute atomic E-state index is 0.361. The molecule has 1 N–H and O–H groups in total. The normalized spacial score (nSPS) is 11.9. The van der Waals surface area contributed by atoms with Gasteiger partial charge in [-0.05, 0) is 29.3 Å². The summed E-state index contributed by atoms with van der Waals surface area (Å²) in [5.74, 6) is 0. The Morgan fingerprint density at radius 3 is 2.29 bits per heavy atom. The summed E-state index contributed by atoms with van der Waals surface area (Å²) in [6, 6.07) is 7.42. The molecular formula is C16H17F3N2. The fourth-order valence-electron chi connectivity index (χ4n) is 1.92. The van der Waals surface area contributed by atoms with Crippen LogP contribution in [0.15, 0.2) is 42.7 Å². The van der Waals surface area contributed by atoms with Crippen LogP contribution in [-0.4, -0.2) is 11.0 Å². The quantitative estimate of drug-likeness (QED) is 0.911. The summed E-state index contributed by atoms with van der Waals surface area (Å²) >= 11 is 0. The number of hydrogen-bond acceptors (Lipinski definition) is 2. The molecule has 1 heterocycles. The van der Waals surface area contributed by atoms with E-state index in [2.05, 4.69) is 10.3 Å². The van der Waals surface area contributed by atoms with E-state index in [0.717, 1.165) is 28.8 Å². The van der Waals surface area contributed by atoms with Gasteiger partial charge in [-0.25, -0.2) is 0 Å². The summed E-state index contributed by atoms with van der Waals surface area (Å²) in [4.78, 5) is 4.15. The van der Waals surface area contributed by atoms with Crippen molar-refractivity contribution < 1.29 is 13.2 Å². The van der Waals surface area contributed by atoms with Crippen LogP contribution in [0, 0.1) is 0 Å². The lowest BCUT2D eigenvalue weighted by molar-refractivity contribution is -0.137. The van der Waals surface area contributed by atoms with Crippen molar-refractivity contribution in [3.63, 3.8) is 0 Å². The molecule has 0 atom stereocenters. The molecule has 2 nitrogen and oxygen atoms in total. The van der Waals surface area contributed by atoms with E-state index in [1.54, 1.807) is 12.4 Å². The fraction of sp³-hybridized carbons (Fsp3) is 0.312. The standard InChI is InChI=1S/C16H17F3N2/c1-11(2)21-9-12-7-14(10-20-8-12)13-3-5-15(6-4-13)16(17,18)19/h3-8,10-11,21H,9H2,1-2H3. The van der Waals surface area contributed by atoms with E-state index in [-0.39, 0.29) is 0 Å². The maximum absolute atomic E-state index is 12.5. The maximum Gasteiger partial charge on any atom is 0.416 e. The number of nitrogens with one attached hydrogen (secondary N) is 1. The molecule has 2 aromatic rings. The van der Waals surface area contributed by atoms with E-state index in [0.29, 0.717) is 12.6 Å². The smallest absolute Gasteiger partial charge is 0.310 e. The van der Waals surface area contributed by atoms with Crippen molar-refractivity contribution in [2.45, 2.75) is 32.6 Å². The maximum atomic E-state index is 12.5. The van der Waals surface area contributed by atoms with Crippen molar-refractivity contribution in [3.8, 4) is 11.1 Å². The molecule has 0 bridgehead atoms. The zero-order chi connectivity index (χ0) is 15.5. The highest BCUT2D eigenvalue weighted by Gasteiger charge is 2.29. The lowest BCUT2D eigenvalue weighted by Crippen LogP contribution is -2.21. The second-order valence-electron chi connectivity index (χ2n) is 5.19. The van der Waals surface area contributed by atoms with Crippen molar-refractivity contribution in [3.05, 3.63) is 53.9 Å². The van der Waals surface area contributed by atoms with Crippen LogP contribution in [0.2, 0.25) is 0 Å². The highest BCUT2D eigenvalue weighted by molar-refractivity contribution is 5.63. The SMILES string of the molecule is CC(C)NCc1cncc(-c2ccc(C(F)(F)F)cc2)c1. The van der Waals surface area contributed by atoms with Gasteiger partial charge in [0.25, 0.3) is 0 Å². The van der Waals surface area contributed by atoms with E-state index in [4.69, 9.17) is 0 Å². The highest BCUT2D eigenvalue weighted by atomic mass is 19.4. The minimum atomic E-state index is -4.31. The molecule has 0 saturated carbocycles. The number of aromatic nitrogens is 1. The third-order valence-electron chi connectivity index (χ3n) is 3.05. The van der Waals surface area contributed by atoms with Gasteiger partial charge >= 0.3 is 6.18 Å². The van der Waals surface area contributed by atoms with Crippen LogP contribution >= 0.6 is 0 Å². The zero-order valence-electron chi connectivity index (χ0n) is 11.9. The van der Waals surface area contributed by atoms with Crippen LogP contribution in [0.25, 0.3) is 11.1 Å². The van der Waals surface area contributed by atoms with E-state index < -0.39 is 11.7 Å². The summed E-state index contributed by atoms with van der Waals surface area (Å²) < 4.78 is 37.6. The molecular weight excluding hydrogens is 277 g/mol. The van der Waals surface area contributed by atoms with Gasteiger partial charge in [-0.1, -0.05) is 26.0 Å². The number of halogens is 3. The molecule has 2 rings (SSSR count). The van der Waals surface area contributed by atoms with Gasteiger partial charge in [-0.3, -0.25) is 4.98 Å². The summed E-state index contributed by atoms with van der Waals surface area (Å²) in [7, 11) is 0. The molecule has 0 spiro atoms. The first-order chi connectivity index (χ1) is 9.86. The van der Waals surface area contributed by atoms with E-state index >= 15 is 0 Å². The zero-order valence-corrected chi connectivity index (χ0v) is 11.9. The fourth-order valence-corrected chi connectivity index (χ4v) is 1.92. The van der Waals surface area contributed by atoms with Crippen molar-refractivity contribution in [1.29, 1.82) is 0 Å². The van der Waals surface area contributed by atoms with Crippen LogP contribution < -0.4 is 5.32 Å². The van der Waals surface area contributed by atoms with E-state index in [1.165, 1.54) is 12.1 Å². The Morgan fingerprint density at radius 2 is 1.71 bits per heavy atom. The summed E-state index contributed by atoms with van der Waals surface area (Å²) in [5.41, 5.74) is 1.90. The summed E-state index contributed by atoms with van der Waals surface area (Å²) in [5, 5.41) is 3.28. The molecule has 1 aromatic carbocycles. The topological polar surface area (TPSA) is 24.9 Å². The Kier molecular flexibility index (Phi) is 4.63. The average molecular weight is 294 g/mol. The first-order valence-corrected chi connectivity index (χ1v) is 6.71. The molecule has 0 saturated heterocycles. The third kappa shape index (κ3) is 4.29. The highest BCUT2D eigenvalue weighted by Crippen LogP contribution is 2.30. The number of alkyl halides is 3. The van der Waals surface area contributed by atoms with Gasteiger partial charge in [0.15, 0.2) is 0 Å². The second kappa shape index (κ2) is 6.26. The third-order valence-corrected chi connectivity index (χ3v) is 3.05. The average Bonchev–Trinajstić information content (AvgIpc) is 2.45. The van der Waals surface area contributed by atoms with Crippen molar-refractivity contribution in [2.75, 3.05) is 0 Å². The summed E-state index contributed by atoms with van der Waals surface area (Å²) in [6.45, 7) is 4.78. The predicted octanol–water partition coefficient (Wildman–Crippen LogP) is 4.27. The molecule has 112 valence electrons. The minimum Gasteiger partial charge on any atom is -0.310 e. The molecule has 0 aliphatic heterocycles.